The van der Waals surface area contributed by atoms with Gasteiger partial charge in [-0.15, -0.1) is 0 Å². The molecular formula is C29H50N3O14PS. The number of aromatic nitrogens is 2. The molecule has 2 unspecified atom stereocenters. The van der Waals surface area contributed by atoms with E-state index in [1.54, 1.807) is 6.92 Å². The van der Waals surface area contributed by atoms with Gasteiger partial charge in [-0.25, -0.2) is 4.79 Å². The number of hydrogen-bond donors (Lipinski definition) is 7. The summed E-state index contributed by atoms with van der Waals surface area (Å²) in [6.07, 6.45) is -2.30. The Morgan fingerprint density at radius 1 is 1.00 bits per heavy atom. The molecule has 0 saturated carbocycles. The number of unbranched alkanes of at least 4 members (excludes halogenated alkanes) is 4. The number of hydrogen-bond acceptors (Lipinski definition) is 14. The standard InChI is InChI=1S/C29H50N3O14PS/c1-17-14-32(29(39)31-26(17)38)27-25(24(20(16-34)44-27)46-47(40,48)41-3)42-12-8-5-4-7-11-30-21(35)10-6-9-13-43-28-18(2)22(36)23(37)19(15-33)45-28/h14,18-20,22-25,27-28,33-34,36-37H,4-13,15-16H2,1-3H3,(H,30,35)(H,40,48)(H,31,38,39)/t18-,19-,20-,22-,23+,24?,25+,27-,28-,47?/m1/s1. The van der Waals surface area contributed by atoms with Crippen molar-refractivity contribution in [1.82, 2.24) is 14.9 Å². The smallest absolute Gasteiger partial charge is 0.330 e. The van der Waals surface area contributed by atoms with Crippen LogP contribution in [0.15, 0.2) is 15.8 Å². The van der Waals surface area contributed by atoms with E-state index in [0.29, 0.717) is 38.8 Å². The van der Waals surface area contributed by atoms with Gasteiger partial charge < -0.3 is 54.1 Å². The highest BCUT2D eigenvalue weighted by Crippen LogP contribution is 2.48. The van der Waals surface area contributed by atoms with E-state index in [9.17, 15) is 39.7 Å². The summed E-state index contributed by atoms with van der Waals surface area (Å²) in [7, 11) is 1.19. The lowest BCUT2D eigenvalue weighted by Crippen LogP contribution is -2.55. The third kappa shape index (κ3) is 11.4. The summed E-state index contributed by atoms with van der Waals surface area (Å²) >= 11 is 5.00. The number of ether oxygens (including phenoxy) is 4. The van der Waals surface area contributed by atoms with Crippen molar-refractivity contribution < 1.29 is 58.1 Å². The second-order valence-corrected chi connectivity index (χ2v) is 14.8. The lowest BCUT2D eigenvalue weighted by Gasteiger charge is -2.40. The van der Waals surface area contributed by atoms with E-state index in [1.165, 1.54) is 20.2 Å². The van der Waals surface area contributed by atoms with Gasteiger partial charge in [-0.3, -0.25) is 23.7 Å². The number of aliphatic hydroxyl groups excluding tert-OH is 4. The van der Waals surface area contributed by atoms with E-state index >= 15 is 0 Å². The van der Waals surface area contributed by atoms with Crippen molar-refractivity contribution in [2.45, 2.75) is 108 Å². The van der Waals surface area contributed by atoms with Gasteiger partial charge >= 0.3 is 12.4 Å². The van der Waals surface area contributed by atoms with Gasteiger partial charge in [0.2, 0.25) is 5.91 Å². The van der Waals surface area contributed by atoms with Crippen LogP contribution < -0.4 is 16.6 Å². The van der Waals surface area contributed by atoms with Crippen molar-refractivity contribution in [3.8, 4) is 0 Å². The molecule has 3 heterocycles. The van der Waals surface area contributed by atoms with Gasteiger partial charge in [0.25, 0.3) is 5.56 Å². The van der Waals surface area contributed by atoms with Crippen molar-refractivity contribution in [3.05, 3.63) is 32.6 Å². The van der Waals surface area contributed by atoms with Crippen molar-refractivity contribution in [1.29, 1.82) is 0 Å². The van der Waals surface area contributed by atoms with Gasteiger partial charge in [0, 0.05) is 51.0 Å². The Labute approximate surface area is 283 Å². The zero-order chi connectivity index (χ0) is 35.4. The lowest BCUT2D eigenvalue weighted by atomic mass is 9.92. The van der Waals surface area contributed by atoms with Crippen molar-refractivity contribution >= 4 is 24.4 Å². The van der Waals surface area contributed by atoms with Crippen LogP contribution in [0.5, 0.6) is 0 Å². The number of carbonyl (C=O) groups is 1. The molecule has 0 aliphatic carbocycles. The van der Waals surface area contributed by atoms with E-state index in [1.807, 2.05) is 0 Å². The van der Waals surface area contributed by atoms with Crippen LogP contribution in [-0.4, -0.2) is 124 Å². The fraction of sp³-hybridized carbons (Fsp3) is 0.828. The zero-order valence-electron chi connectivity index (χ0n) is 27.5. The predicted molar refractivity (Wildman–Crippen MR) is 173 cm³/mol. The average molecular weight is 728 g/mol. The molecule has 0 aromatic carbocycles. The highest BCUT2D eigenvalue weighted by atomic mass is 32.5. The Kier molecular flexibility index (Phi) is 16.7. The Bertz CT molecular complexity index is 1310. The van der Waals surface area contributed by atoms with E-state index in [0.717, 1.165) is 23.8 Å². The maximum Gasteiger partial charge on any atom is 0.330 e. The summed E-state index contributed by atoms with van der Waals surface area (Å²) in [6, 6.07) is 0. The van der Waals surface area contributed by atoms with Crippen LogP contribution >= 0.6 is 6.72 Å². The summed E-state index contributed by atoms with van der Waals surface area (Å²) in [5.41, 5.74) is -1.03. The summed E-state index contributed by atoms with van der Waals surface area (Å²) in [5, 5.41) is 42.2. The number of amides is 1. The molecule has 2 fully saturated rings. The van der Waals surface area contributed by atoms with Crippen molar-refractivity contribution in [2.75, 3.05) is 40.1 Å². The number of rotatable bonds is 20. The molecule has 276 valence electrons. The molecule has 3 rings (SSSR count). The van der Waals surface area contributed by atoms with Crippen LogP contribution in [0, 0.1) is 12.8 Å². The second-order valence-electron chi connectivity index (χ2n) is 11.9. The summed E-state index contributed by atoms with van der Waals surface area (Å²) in [5.74, 6) is -0.548. The molecule has 2 aliphatic rings. The van der Waals surface area contributed by atoms with E-state index in [-0.39, 0.29) is 18.1 Å². The van der Waals surface area contributed by atoms with Crippen LogP contribution in [0.3, 0.4) is 0 Å². The number of carbonyl (C=O) groups excluding carboxylic acids is 1. The Morgan fingerprint density at radius 2 is 1.67 bits per heavy atom. The summed E-state index contributed by atoms with van der Waals surface area (Å²) in [6.45, 7) is -0.406. The van der Waals surface area contributed by atoms with Gasteiger partial charge in [-0.1, -0.05) is 19.8 Å². The molecule has 0 radical (unpaired) electrons. The fourth-order valence-corrected chi connectivity index (χ4v) is 6.42. The molecule has 0 bridgehead atoms. The largest absolute Gasteiger partial charge is 0.394 e. The number of aliphatic hydroxyl groups is 4. The molecule has 1 aromatic rings. The van der Waals surface area contributed by atoms with Gasteiger partial charge in [0.05, 0.1) is 19.3 Å². The van der Waals surface area contributed by atoms with Crippen LogP contribution in [0.2, 0.25) is 0 Å². The number of aryl methyl sites for hydroxylation is 1. The van der Waals surface area contributed by atoms with Gasteiger partial charge in [-0.05, 0) is 44.4 Å². The molecule has 1 amide bonds. The minimum Gasteiger partial charge on any atom is -0.394 e. The number of H-pyrrole nitrogens is 1. The molecule has 2 aliphatic heterocycles. The number of nitrogens with one attached hydrogen (secondary N) is 2. The number of aromatic amines is 1. The average Bonchev–Trinajstić information content (AvgIpc) is 3.39. The van der Waals surface area contributed by atoms with Gasteiger partial charge in [0.1, 0.15) is 30.5 Å². The SMILES string of the molecule is COP(O)(=S)OC1[C@@H](CO)O[C@@H](n2cc(C)c(=O)[nH]c2=O)[C@H]1OCCCCCCNC(=O)CCCCO[C@@H]1O[C@H](CO)[C@H](O)[C@H](O)[C@H]1C. The first-order valence-corrected chi connectivity index (χ1v) is 18.7. The first kappa shape index (κ1) is 40.8. The Morgan fingerprint density at radius 3 is 2.35 bits per heavy atom. The third-order valence-corrected chi connectivity index (χ3v) is 10.0. The van der Waals surface area contributed by atoms with E-state index in [4.69, 9.17) is 39.8 Å². The van der Waals surface area contributed by atoms with Crippen LogP contribution in [0.25, 0.3) is 0 Å². The second kappa shape index (κ2) is 19.7. The highest BCUT2D eigenvalue weighted by Gasteiger charge is 2.49. The predicted octanol–water partition coefficient (Wildman–Crippen LogP) is -0.693. The van der Waals surface area contributed by atoms with Crippen LogP contribution in [-0.2, 0) is 44.6 Å². The molecule has 19 heteroatoms. The Hall–Kier alpha value is -1.64. The third-order valence-electron chi connectivity index (χ3n) is 8.34. The van der Waals surface area contributed by atoms with Gasteiger partial charge in [-0.2, -0.15) is 0 Å². The van der Waals surface area contributed by atoms with Crippen LogP contribution in [0.4, 0.5) is 0 Å². The zero-order valence-corrected chi connectivity index (χ0v) is 29.2. The minimum atomic E-state index is -3.70. The molecule has 1 aromatic heterocycles. The monoisotopic (exact) mass is 727 g/mol. The number of nitrogens with zero attached hydrogens (tertiary/aromatic N) is 1. The maximum atomic E-state index is 12.6. The fourth-order valence-electron chi connectivity index (χ4n) is 5.47. The van der Waals surface area contributed by atoms with Gasteiger partial charge in [0.15, 0.2) is 12.5 Å². The Balaban J connectivity index is 1.36. The molecular weight excluding hydrogens is 677 g/mol. The maximum absolute atomic E-state index is 12.6. The molecule has 0 spiro atoms. The van der Waals surface area contributed by atoms with Crippen molar-refractivity contribution in [2.24, 2.45) is 5.92 Å². The minimum absolute atomic E-state index is 0.0791. The molecule has 2 saturated heterocycles. The van der Waals surface area contributed by atoms with E-state index < -0.39 is 86.2 Å². The lowest BCUT2D eigenvalue weighted by molar-refractivity contribution is -0.282. The highest BCUT2D eigenvalue weighted by molar-refractivity contribution is 8.07. The first-order chi connectivity index (χ1) is 22.8. The molecule has 7 N–H and O–H groups in total. The first-order valence-electron chi connectivity index (χ1n) is 16.1. The quantitative estimate of drug-likeness (QED) is 0.0650. The van der Waals surface area contributed by atoms with E-state index in [2.05, 4.69) is 10.3 Å². The summed E-state index contributed by atoms with van der Waals surface area (Å²) < 4.78 is 34.8. The summed E-state index contributed by atoms with van der Waals surface area (Å²) in [4.78, 5) is 49.3. The molecule has 17 nitrogen and oxygen atoms in total. The molecule has 10 atom stereocenters. The topological polar surface area (TPSA) is 240 Å². The normalized spacial score (nSPS) is 30.3. The van der Waals surface area contributed by atoms with Crippen LogP contribution in [0.1, 0.15) is 63.7 Å². The molecule has 48 heavy (non-hydrogen) atoms. The van der Waals surface area contributed by atoms with Crippen molar-refractivity contribution in [3.63, 3.8) is 0 Å².